The number of aromatic amines is 1. The SMILES string of the molecule is CC(C)COC(=O)NC#Cc1cn(C(C)C)c2nc(N)[nH]c(=O)c12. The Morgan fingerprint density at radius 3 is 2.79 bits per heavy atom. The number of carbonyl (C=O) groups is 1. The standard InChI is InChI=1S/C16H21N5O3/c1-9(2)8-24-16(23)18-6-5-11-7-21(10(3)4)13-12(11)14(22)20-15(17)19-13/h7,9-10H,8H2,1-4H3,(H,18,23)(H3,17,19,20,22). The van der Waals surface area contributed by atoms with Crippen LogP contribution in [0.25, 0.3) is 11.0 Å². The van der Waals surface area contributed by atoms with E-state index in [-0.39, 0.29) is 23.5 Å². The number of nitrogens with zero attached hydrogens (tertiary/aromatic N) is 2. The van der Waals surface area contributed by atoms with Gasteiger partial charge in [-0.3, -0.25) is 9.78 Å². The average Bonchev–Trinajstić information content (AvgIpc) is 2.84. The highest BCUT2D eigenvalue weighted by molar-refractivity contribution is 5.84. The third-order valence-electron chi connectivity index (χ3n) is 3.17. The lowest BCUT2D eigenvalue weighted by Gasteiger charge is -2.07. The van der Waals surface area contributed by atoms with Crippen molar-refractivity contribution in [3.8, 4) is 12.0 Å². The van der Waals surface area contributed by atoms with Crippen molar-refractivity contribution >= 4 is 23.1 Å². The van der Waals surface area contributed by atoms with E-state index in [4.69, 9.17) is 10.5 Å². The van der Waals surface area contributed by atoms with Crippen LogP contribution in [0.3, 0.4) is 0 Å². The van der Waals surface area contributed by atoms with Crippen LogP contribution in [0.1, 0.15) is 39.3 Å². The number of nitrogen functional groups attached to an aromatic ring is 1. The summed E-state index contributed by atoms with van der Waals surface area (Å²) < 4.78 is 6.76. The van der Waals surface area contributed by atoms with E-state index in [1.807, 2.05) is 32.3 Å². The minimum atomic E-state index is -0.625. The fraction of sp³-hybridized carbons (Fsp3) is 0.438. The molecule has 0 spiro atoms. The number of ether oxygens (including phenoxy) is 1. The molecular weight excluding hydrogens is 310 g/mol. The van der Waals surface area contributed by atoms with Gasteiger partial charge in [-0.25, -0.2) is 10.1 Å². The molecule has 2 rings (SSSR count). The minimum absolute atomic E-state index is 0.0439. The van der Waals surface area contributed by atoms with Crippen LogP contribution >= 0.6 is 0 Å². The van der Waals surface area contributed by atoms with Crippen molar-refractivity contribution in [1.82, 2.24) is 19.9 Å². The maximum Gasteiger partial charge on any atom is 0.418 e. The van der Waals surface area contributed by atoms with Crippen molar-refractivity contribution < 1.29 is 9.53 Å². The molecule has 0 atom stereocenters. The molecule has 0 fully saturated rings. The fourth-order valence-electron chi connectivity index (χ4n) is 2.09. The molecule has 0 unspecified atom stereocenters. The maximum atomic E-state index is 12.2. The van der Waals surface area contributed by atoms with E-state index in [2.05, 4.69) is 27.2 Å². The van der Waals surface area contributed by atoms with E-state index in [1.165, 1.54) is 0 Å². The number of amides is 1. The van der Waals surface area contributed by atoms with Gasteiger partial charge in [-0.2, -0.15) is 4.98 Å². The second kappa shape index (κ2) is 7.08. The average molecular weight is 331 g/mol. The Hall–Kier alpha value is -2.95. The van der Waals surface area contributed by atoms with Crippen molar-refractivity contribution in [2.75, 3.05) is 12.3 Å². The van der Waals surface area contributed by atoms with Gasteiger partial charge < -0.3 is 15.0 Å². The second-order valence-corrected chi connectivity index (χ2v) is 6.06. The predicted octanol–water partition coefficient (Wildman–Crippen LogP) is 1.58. The molecular formula is C16H21N5O3. The van der Waals surface area contributed by atoms with Gasteiger partial charge >= 0.3 is 6.09 Å². The van der Waals surface area contributed by atoms with E-state index in [1.54, 1.807) is 6.20 Å². The van der Waals surface area contributed by atoms with Gasteiger partial charge in [0.25, 0.3) is 5.56 Å². The smallest absolute Gasteiger partial charge is 0.418 e. The van der Waals surface area contributed by atoms with E-state index in [0.717, 1.165) is 0 Å². The molecule has 0 aliphatic rings. The first-order chi connectivity index (χ1) is 11.3. The third-order valence-corrected chi connectivity index (χ3v) is 3.17. The van der Waals surface area contributed by atoms with Gasteiger partial charge in [0.05, 0.1) is 17.6 Å². The number of aromatic nitrogens is 3. The van der Waals surface area contributed by atoms with Crippen LogP contribution in [0.5, 0.6) is 0 Å². The number of nitrogens with one attached hydrogen (secondary N) is 2. The number of alkyl carbamates (subject to hydrolysis) is 1. The summed E-state index contributed by atoms with van der Waals surface area (Å²) in [5.41, 5.74) is 6.15. The van der Waals surface area contributed by atoms with Crippen molar-refractivity contribution in [1.29, 1.82) is 0 Å². The zero-order valence-corrected chi connectivity index (χ0v) is 14.1. The zero-order chi connectivity index (χ0) is 17.9. The number of nitrogens with two attached hydrogens (primary N) is 1. The summed E-state index contributed by atoms with van der Waals surface area (Å²) in [7, 11) is 0. The Balaban J connectivity index is 2.32. The van der Waals surface area contributed by atoms with Crippen molar-refractivity contribution in [2.45, 2.75) is 33.7 Å². The van der Waals surface area contributed by atoms with Gasteiger partial charge in [-0.05, 0) is 25.7 Å². The summed E-state index contributed by atoms with van der Waals surface area (Å²) in [6, 6.07) is 2.58. The Morgan fingerprint density at radius 1 is 1.46 bits per heavy atom. The molecule has 0 aliphatic carbocycles. The molecule has 0 aromatic carbocycles. The topological polar surface area (TPSA) is 115 Å². The molecule has 1 amide bonds. The van der Waals surface area contributed by atoms with Crippen molar-refractivity contribution in [2.24, 2.45) is 5.92 Å². The summed E-state index contributed by atoms with van der Waals surface area (Å²) in [5.74, 6) is 3.04. The molecule has 0 aliphatic heterocycles. The number of fused-ring (bicyclic) bond motifs is 1. The van der Waals surface area contributed by atoms with Gasteiger partial charge in [0, 0.05) is 18.3 Å². The maximum absolute atomic E-state index is 12.2. The Kier molecular flexibility index (Phi) is 5.14. The summed E-state index contributed by atoms with van der Waals surface area (Å²) in [6.07, 6.45) is 1.09. The zero-order valence-electron chi connectivity index (χ0n) is 14.1. The van der Waals surface area contributed by atoms with Crippen LogP contribution < -0.4 is 16.6 Å². The fourth-order valence-corrected chi connectivity index (χ4v) is 2.09. The Morgan fingerprint density at radius 2 is 2.17 bits per heavy atom. The van der Waals surface area contributed by atoms with Crippen LogP contribution in [-0.4, -0.2) is 27.2 Å². The molecule has 0 saturated carbocycles. The van der Waals surface area contributed by atoms with Gasteiger partial charge in [-0.15, -0.1) is 0 Å². The summed E-state index contributed by atoms with van der Waals surface area (Å²) in [6.45, 7) is 8.09. The number of H-pyrrole nitrogens is 1. The molecule has 8 heteroatoms. The summed E-state index contributed by atoms with van der Waals surface area (Å²) in [4.78, 5) is 30.3. The third kappa shape index (κ3) is 3.87. The molecule has 128 valence electrons. The summed E-state index contributed by atoms with van der Waals surface area (Å²) >= 11 is 0. The lowest BCUT2D eigenvalue weighted by atomic mass is 10.2. The van der Waals surface area contributed by atoms with Gasteiger partial charge in [-0.1, -0.05) is 13.8 Å². The molecule has 2 aromatic heterocycles. The van der Waals surface area contributed by atoms with Crippen LogP contribution in [0.4, 0.5) is 10.7 Å². The Labute approximate surface area is 139 Å². The highest BCUT2D eigenvalue weighted by Gasteiger charge is 2.15. The van der Waals surface area contributed by atoms with Crippen LogP contribution in [0.15, 0.2) is 11.0 Å². The molecule has 2 heterocycles. The highest BCUT2D eigenvalue weighted by atomic mass is 16.5. The minimum Gasteiger partial charge on any atom is -0.449 e. The van der Waals surface area contributed by atoms with Crippen LogP contribution in [0.2, 0.25) is 0 Å². The quantitative estimate of drug-likeness (QED) is 0.583. The number of hydrogen-bond acceptors (Lipinski definition) is 5. The first-order valence-electron chi connectivity index (χ1n) is 7.63. The largest absolute Gasteiger partial charge is 0.449 e. The van der Waals surface area contributed by atoms with E-state index >= 15 is 0 Å². The van der Waals surface area contributed by atoms with Crippen LogP contribution in [-0.2, 0) is 4.74 Å². The number of rotatable bonds is 3. The second-order valence-electron chi connectivity index (χ2n) is 6.06. The lowest BCUT2D eigenvalue weighted by Crippen LogP contribution is -2.21. The van der Waals surface area contributed by atoms with Gasteiger partial charge in [0.1, 0.15) is 0 Å². The predicted molar refractivity (Wildman–Crippen MR) is 91.4 cm³/mol. The normalized spacial score (nSPS) is 10.8. The molecule has 0 saturated heterocycles. The number of hydrogen-bond donors (Lipinski definition) is 3. The van der Waals surface area contributed by atoms with E-state index in [0.29, 0.717) is 23.2 Å². The van der Waals surface area contributed by atoms with Crippen molar-refractivity contribution in [3.63, 3.8) is 0 Å². The van der Waals surface area contributed by atoms with Gasteiger partial charge in [0.15, 0.2) is 5.65 Å². The monoisotopic (exact) mass is 331 g/mol. The molecule has 8 nitrogen and oxygen atoms in total. The molecule has 4 N–H and O–H groups in total. The van der Waals surface area contributed by atoms with Gasteiger partial charge in [0.2, 0.25) is 5.95 Å². The van der Waals surface area contributed by atoms with Crippen LogP contribution in [0, 0.1) is 17.9 Å². The molecule has 0 radical (unpaired) electrons. The van der Waals surface area contributed by atoms with Crippen molar-refractivity contribution in [3.05, 3.63) is 22.1 Å². The van der Waals surface area contributed by atoms with E-state index in [9.17, 15) is 9.59 Å². The first-order valence-corrected chi connectivity index (χ1v) is 7.63. The number of anilines is 1. The van der Waals surface area contributed by atoms with E-state index < -0.39 is 6.09 Å². The highest BCUT2D eigenvalue weighted by Crippen LogP contribution is 2.19. The molecule has 24 heavy (non-hydrogen) atoms. The first kappa shape index (κ1) is 17.4. The summed E-state index contributed by atoms with van der Waals surface area (Å²) in [5, 5.41) is 2.67. The molecule has 0 bridgehead atoms. The molecule has 2 aromatic rings. The Bertz CT molecular complexity index is 867. The number of carbonyl (C=O) groups excluding carboxylic acids is 1. The lowest BCUT2D eigenvalue weighted by molar-refractivity contribution is 0.137.